The zero-order chi connectivity index (χ0) is 23.6. The van der Waals surface area contributed by atoms with Gasteiger partial charge in [0, 0.05) is 40.6 Å². The molecule has 2 aromatic carbocycles. The van der Waals surface area contributed by atoms with Crippen LogP contribution in [0.4, 0.5) is 5.69 Å². The monoisotopic (exact) mass is 480 g/mol. The molecule has 7 nitrogen and oxygen atoms in total. The number of rotatable bonds is 6. The van der Waals surface area contributed by atoms with Gasteiger partial charge in [0.1, 0.15) is 0 Å². The Morgan fingerprint density at radius 1 is 1.03 bits per heavy atom. The summed E-state index contributed by atoms with van der Waals surface area (Å²) in [5.41, 5.74) is 3.74. The van der Waals surface area contributed by atoms with Crippen LogP contribution in [0.3, 0.4) is 0 Å². The summed E-state index contributed by atoms with van der Waals surface area (Å²) in [6, 6.07) is 14.9. The minimum absolute atomic E-state index is 0.127. The molecule has 2 N–H and O–H groups in total. The Morgan fingerprint density at radius 2 is 1.73 bits per heavy atom. The molecular formula is C24H21ClN4O3S. The fourth-order valence-corrected chi connectivity index (χ4v) is 4.65. The lowest BCUT2D eigenvalue weighted by Gasteiger charge is -2.13. The summed E-state index contributed by atoms with van der Waals surface area (Å²) in [5, 5.41) is 4.07. The van der Waals surface area contributed by atoms with E-state index in [-0.39, 0.29) is 10.8 Å². The first kappa shape index (κ1) is 22.8. The number of aromatic nitrogens is 2. The Balaban J connectivity index is 1.74. The van der Waals surface area contributed by atoms with Crippen molar-refractivity contribution in [2.75, 3.05) is 11.9 Å². The Kier molecular flexibility index (Phi) is 6.42. The summed E-state index contributed by atoms with van der Waals surface area (Å²) in [4.78, 5) is 22.2. The van der Waals surface area contributed by atoms with Crippen molar-refractivity contribution >= 4 is 44.1 Å². The second-order valence-corrected chi connectivity index (χ2v) is 9.51. The highest BCUT2D eigenvalue weighted by Gasteiger charge is 2.17. The summed E-state index contributed by atoms with van der Waals surface area (Å²) < 4.78 is 26.7. The minimum Gasteiger partial charge on any atom is -0.322 e. The lowest BCUT2D eigenvalue weighted by molar-refractivity contribution is 0.102. The first-order chi connectivity index (χ1) is 15.8. The number of sulfonamides is 1. The normalized spacial score (nSPS) is 11.5. The maximum atomic E-state index is 13.3. The molecule has 0 atom stereocenters. The molecule has 0 unspecified atom stereocenters. The Bertz CT molecular complexity index is 1440. The van der Waals surface area contributed by atoms with Gasteiger partial charge in [-0.15, -0.1) is 0 Å². The predicted molar refractivity (Wildman–Crippen MR) is 130 cm³/mol. The standard InChI is InChI=1S/C24H21ClN4O3S/c1-3-27-33(31,32)18-6-4-17(5-7-18)28-24(30)20-14-22(16-10-12-26-13-11-16)29-23-15(2)21(25)9-8-19(20)23/h4-14,27H,3H2,1-2H3,(H,28,30). The number of nitrogens with zero attached hydrogens (tertiary/aromatic N) is 2. The lowest BCUT2D eigenvalue weighted by Crippen LogP contribution is -2.23. The Labute approximate surface area is 196 Å². The largest absolute Gasteiger partial charge is 0.322 e. The van der Waals surface area contributed by atoms with Gasteiger partial charge >= 0.3 is 0 Å². The van der Waals surface area contributed by atoms with Crippen LogP contribution in [0.5, 0.6) is 0 Å². The van der Waals surface area contributed by atoms with Crippen molar-refractivity contribution in [3.63, 3.8) is 0 Å². The second kappa shape index (κ2) is 9.27. The number of pyridine rings is 2. The molecule has 0 saturated heterocycles. The molecule has 0 spiro atoms. The number of benzene rings is 2. The van der Waals surface area contributed by atoms with Crippen LogP contribution in [-0.4, -0.2) is 30.8 Å². The molecule has 0 saturated carbocycles. The minimum atomic E-state index is -3.57. The van der Waals surface area contributed by atoms with Gasteiger partial charge in [-0.25, -0.2) is 18.1 Å². The van der Waals surface area contributed by atoms with Crippen LogP contribution in [0.25, 0.3) is 22.2 Å². The third-order valence-corrected chi connectivity index (χ3v) is 7.12. The van der Waals surface area contributed by atoms with Gasteiger partial charge in [0.05, 0.1) is 21.7 Å². The summed E-state index contributed by atoms with van der Waals surface area (Å²) in [6.45, 7) is 3.86. The second-order valence-electron chi connectivity index (χ2n) is 7.34. The zero-order valence-corrected chi connectivity index (χ0v) is 19.5. The molecular weight excluding hydrogens is 460 g/mol. The van der Waals surface area contributed by atoms with Crippen molar-refractivity contribution in [2.24, 2.45) is 0 Å². The van der Waals surface area contributed by atoms with Gasteiger partial charge in [0.2, 0.25) is 10.0 Å². The molecule has 4 aromatic rings. The molecule has 0 aliphatic carbocycles. The number of aryl methyl sites for hydroxylation is 1. The third kappa shape index (κ3) is 4.73. The first-order valence-electron chi connectivity index (χ1n) is 10.2. The number of hydrogen-bond acceptors (Lipinski definition) is 5. The van der Waals surface area contributed by atoms with Gasteiger partial charge in [-0.1, -0.05) is 24.6 Å². The predicted octanol–water partition coefficient (Wildman–Crippen LogP) is 4.81. The summed E-state index contributed by atoms with van der Waals surface area (Å²) >= 11 is 6.32. The van der Waals surface area contributed by atoms with E-state index in [0.29, 0.717) is 39.4 Å². The molecule has 168 valence electrons. The van der Waals surface area contributed by atoms with E-state index >= 15 is 0 Å². The molecule has 0 radical (unpaired) electrons. The van der Waals surface area contributed by atoms with Crippen molar-refractivity contribution in [3.05, 3.63) is 83.1 Å². The van der Waals surface area contributed by atoms with E-state index in [1.54, 1.807) is 49.6 Å². The van der Waals surface area contributed by atoms with E-state index in [2.05, 4.69) is 15.0 Å². The molecule has 0 aliphatic rings. The van der Waals surface area contributed by atoms with Gasteiger partial charge in [-0.2, -0.15) is 0 Å². The lowest BCUT2D eigenvalue weighted by atomic mass is 10.0. The summed E-state index contributed by atoms with van der Waals surface area (Å²) in [7, 11) is -3.57. The van der Waals surface area contributed by atoms with Crippen LogP contribution in [0, 0.1) is 6.92 Å². The number of carbonyl (C=O) groups excluding carboxylic acids is 1. The topological polar surface area (TPSA) is 101 Å². The molecule has 0 bridgehead atoms. The fraction of sp³-hybridized carbons (Fsp3) is 0.125. The number of amides is 1. The molecule has 2 heterocycles. The summed E-state index contributed by atoms with van der Waals surface area (Å²) in [5.74, 6) is -0.346. The van der Waals surface area contributed by atoms with Gasteiger partial charge in [-0.3, -0.25) is 9.78 Å². The van der Waals surface area contributed by atoms with Gasteiger partial charge in [-0.05, 0) is 61.0 Å². The van der Waals surface area contributed by atoms with Crippen LogP contribution in [0.15, 0.2) is 71.9 Å². The maximum absolute atomic E-state index is 13.3. The summed E-state index contributed by atoms with van der Waals surface area (Å²) in [6.07, 6.45) is 3.32. The Morgan fingerprint density at radius 3 is 2.39 bits per heavy atom. The van der Waals surface area contributed by atoms with E-state index < -0.39 is 10.0 Å². The quantitative estimate of drug-likeness (QED) is 0.412. The van der Waals surface area contributed by atoms with Crippen molar-refractivity contribution in [3.8, 4) is 11.3 Å². The number of anilines is 1. The van der Waals surface area contributed by atoms with E-state index in [9.17, 15) is 13.2 Å². The highest BCUT2D eigenvalue weighted by atomic mass is 35.5. The molecule has 33 heavy (non-hydrogen) atoms. The number of hydrogen-bond donors (Lipinski definition) is 2. The highest BCUT2D eigenvalue weighted by Crippen LogP contribution is 2.30. The Hall–Kier alpha value is -3.33. The number of halogens is 1. The molecule has 2 aromatic heterocycles. The smallest absolute Gasteiger partial charge is 0.256 e. The van der Waals surface area contributed by atoms with Crippen LogP contribution in [0.1, 0.15) is 22.8 Å². The van der Waals surface area contributed by atoms with Crippen molar-refractivity contribution in [1.82, 2.24) is 14.7 Å². The SMILES string of the molecule is CCNS(=O)(=O)c1ccc(NC(=O)c2cc(-c3ccncc3)nc3c(C)c(Cl)ccc23)cc1. The van der Waals surface area contributed by atoms with Crippen LogP contribution >= 0.6 is 11.6 Å². The molecule has 1 amide bonds. The number of carbonyl (C=O) groups is 1. The fourth-order valence-electron chi connectivity index (χ4n) is 3.45. The van der Waals surface area contributed by atoms with E-state index in [1.807, 2.05) is 19.1 Å². The van der Waals surface area contributed by atoms with Crippen molar-refractivity contribution in [2.45, 2.75) is 18.7 Å². The van der Waals surface area contributed by atoms with Crippen LogP contribution in [-0.2, 0) is 10.0 Å². The van der Waals surface area contributed by atoms with Crippen LogP contribution < -0.4 is 10.0 Å². The third-order valence-electron chi connectivity index (χ3n) is 5.15. The molecule has 9 heteroatoms. The number of nitrogens with one attached hydrogen (secondary N) is 2. The average molecular weight is 481 g/mol. The molecule has 4 rings (SSSR count). The van der Waals surface area contributed by atoms with E-state index in [4.69, 9.17) is 16.6 Å². The first-order valence-corrected chi connectivity index (χ1v) is 12.1. The molecule has 0 fully saturated rings. The average Bonchev–Trinajstić information content (AvgIpc) is 2.82. The van der Waals surface area contributed by atoms with E-state index in [0.717, 1.165) is 11.1 Å². The van der Waals surface area contributed by atoms with Gasteiger partial charge in [0.25, 0.3) is 5.91 Å². The zero-order valence-electron chi connectivity index (χ0n) is 18.0. The van der Waals surface area contributed by atoms with Crippen LogP contribution in [0.2, 0.25) is 5.02 Å². The van der Waals surface area contributed by atoms with Gasteiger partial charge in [0.15, 0.2) is 0 Å². The maximum Gasteiger partial charge on any atom is 0.256 e. The van der Waals surface area contributed by atoms with Gasteiger partial charge < -0.3 is 5.32 Å². The molecule has 0 aliphatic heterocycles. The van der Waals surface area contributed by atoms with E-state index in [1.165, 1.54) is 12.1 Å². The van der Waals surface area contributed by atoms with Crippen molar-refractivity contribution < 1.29 is 13.2 Å². The van der Waals surface area contributed by atoms with Crippen molar-refractivity contribution in [1.29, 1.82) is 0 Å². The number of fused-ring (bicyclic) bond motifs is 1. The highest BCUT2D eigenvalue weighted by molar-refractivity contribution is 7.89.